The van der Waals surface area contributed by atoms with Crippen LogP contribution in [0.5, 0.6) is 5.75 Å². The van der Waals surface area contributed by atoms with Crippen LogP contribution in [0.1, 0.15) is 17.3 Å². The molecule has 0 fully saturated rings. The van der Waals surface area contributed by atoms with Crippen molar-refractivity contribution < 1.29 is 9.53 Å². The summed E-state index contributed by atoms with van der Waals surface area (Å²) >= 11 is 5.79. The Morgan fingerprint density at radius 2 is 2.15 bits per heavy atom. The van der Waals surface area contributed by atoms with Crippen molar-refractivity contribution in [1.82, 2.24) is 0 Å². The average molecular weight is 200 g/mol. The third-order valence-corrected chi connectivity index (χ3v) is 2.03. The molecule has 0 heterocycles. The minimum atomic E-state index is -0.104. The van der Waals surface area contributed by atoms with Crippen molar-refractivity contribution in [2.45, 2.75) is 6.92 Å². The summed E-state index contributed by atoms with van der Waals surface area (Å²) in [6.07, 6.45) is 0. The van der Waals surface area contributed by atoms with E-state index >= 15 is 0 Å². The lowest BCUT2D eigenvalue weighted by atomic mass is 10.1. The Hall–Kier alpha value is -1.22. The number of halogens is 1. The van der Waals surface area contributed by atoms with Crippen LogP contribution in [-0.4, -0.2) is 12.9 Å². The zero-order chi connectivity index (χ0) is 10.0. The standard InChI is InChI=1S/C9H10ClNO2/c1-5(12)6-3-4-7(10)9(13-2)8(6)11/h3-4H,11H2,1-2H3. The number of nitrogens with two attached hydrogens (primary N) is 1. The molecule has 0 aromatic heterocycles. The van der Waals surface area contributed by atoms with Crippen LogP contribution in [0.25, 0.3) is 0 Å². The molecule has 70 valence electrons. The summed E-state index contributed by atoms with van der Waals surface area (Å²) < 4.78 is 4.96. The summed E-state index contributed by atoms with van der Waals surface area (Å²) in [5.41, 5.74) is 6.39. The van der Waals surface area contributed by atoms with Gasteiger partial charge in [-0.3, -0.25) is 4.79 Å². The number of rotatable bonds is 2. The lowest BCUT2D eigenvalue weighted by molar-refractivity contribution is 0.101. The van der Waals surface area contributed by atoms with Gasteiger partial charge >= 0.3 is 0 Å². The molecule has 2 N–H and O–H groups in total. The van der Waals surface area contributed by atoms with Crippen LogP contribution >= 0.6 is 11.6 Å². The Bertz CT molecular complexity index is 350. The molecule has 0 saturated carbocycles. The number of hydrogen-bond acceptors (Lipinski definition) is 3. The molecule has 4 heteroatoms. The van der Waals surface area contributed by atoms with Gasteiger partial charge in [-0.1, -0.05) is 11.6 Å². The second kappa shape index (κ2) is 3.66. The van der Waals surface area contributed by atoms with Crippen LogP contribution in [0.4, 0.5) is 5.69 Å². The van der Waals surface area contributed by atoms with Crippen molar-refractivity contribution in [2.24, 2.45) is 0 Å². The maximum atomic E-state index is 11.1. The number of methoxy groups -OCH3 is 1. The van der Waals surface area contributed by atoms with Crippen LogP contribution in [0.2, 0.25) is 5.02 Å². The molecule has 0 aliphatic carbocycles. The van der Waals surface area contributed by atoms with E-state index in [0.717, 1.165) is 0 Å². The summed E-state index contributed by atoms with van der Waals surface area (Å²) in [4.78, 5) is 11.1. The molecule has 0 aliphatic rings. The summed E-state index contributed by atoms with van der Waals surface area (Å²) in [5, 5.41) is 0.407. The van der Waals surface area contributed by atoms with E-state index in [1.165, 1.54) is 14.0 Å². The molecule has 0 aliphatic heterocycles. The monoisotopic (exact) mass is 199 g/mol. The van der Waals surface area contributed by atoms with E-state index in [9.17, 15) is 4.79 Å². The summed E-state index contributed by atoms with van der Waals surface area (Å²) in [6, 6.07) is 3.18. The van der Waals surface area contributed by atoms with Gasteiger partial charge in [0, 0.05) is 5.56 Å². The van der Waals surface area contributed by atoms with Crippen molar-refractivity contribution in [3.05, 3.63) is 22.7 Å². The lowest BCUT2D eigenvalue weighted by Gasteiger charge is -2.09. The van der Waals surface area contributed by atoms with E-state index < -0.39 is 0 Å². The third kappa shape index (κ3) is 1.75. The second-order valence-corrected chi connectivity index (χ2v) is 3.01. The van der Waals surface area contributed by atoms with Crippen molar-refractivity contribution in [1.29, 1.82) is 0 Å². The van der Waals surface area contributed by atoms with Gasteiger partial charge in [-0.2, -0.15) is 0 Å². The number of Topliss-reactive ketones (excluding diaryl/α,β-unsaturated/α-hetero) is 1. The molecule has 0 atom stereocenters. The van der Waals surface area contributed by atoms with Gasteiger partial charge in [0.15, 0.2) is 11.5 Å². The maximum Gasteiger partial charge on any atom is 0.162 e. The number of carbonyl (C=O) groups is 1. The Kier molecular flexibility index (Phi) is 2.78. The van der Waals surface area contributed by atoms with Gasteiger partial charge in [0.1, 0.15) is 0 Å². The Balaban J connectivity index is 3.35. The molecular weight excluding hydrogens is 190 g/mol. The van der Waals surface area contributed by atoms with Gasteiger partial charge < -0.3 is 10.5 Å². The number of ketones is 1. The van der Waals surface area contributed by atoms with E-state index in [-0.39, 0.29) is 5.78 Å². The zero-order valence-electron chi connectivity index (χ0n) is 7.43. The fourth-order valence-corrected chi connectivity index (χ4v) is 1.33. The first-order valence-electron chi connectivity index (χ1n) is 3.70. The molecule has 0 unspecified atom stereocenters. The molecule has 0 amide bonds. The lowest BCUT2D eigenvalue weighted by Crippen LogP contribution is -2.02. The summed E-state index contributed by atoms with van der Waals surface area (Å²) in [5.74, 6) is 0.252. The van der Waals surface area contributed by atoms with Crippen molar-refractivity contribution in [2.75, 3.05) is 12.8 Å². The summed E-state index contributed by atoms with van der Waals surface area (Å²) in [7, 11) is 1.46. The van der Waals surface area contributed by atoms with E-state index in [1.54, 1.807) is 12.1 Å². The molecule has 1 aromatic carbocycles. The van der Waals surface area contributed by atoms with Crippen LogP contribution < -0.4 is 10.5 Å². The van der Waals surface area contributed by atoms with Crippen LogP contribution in [0, 0.1) is 0 Å². The molecule has 3 nitrogen and oxygen atoms in total. The van der Waals surface area contributed by atoms with Crippen LogP contribution in [0.3, 0.4) is 0 Å². The molecular formula is C9H10ClNO2. The fraction of sp³-hybridized carbons (Fsp3) is 0.222. The highest BCUT2D eigenvalue weighted by atomic mass is 35.5. The van der Waals surface area contributed by atoms with Gasteiger partial charge in [-0.25, -0.2) is 0 Å². The number of carbonyl (C=O) groups excluding carboxylic acids is 1. The first kappa shape index (κ1) is 9.86. The molecule has 1 aromatic rings. The highest BCUT2D eigenvalue weighted by Gasteiger charge is 2.12. The van der Waals surface area contributed by atoms with Crippen molar-refractivity contribution >= 4 is 23.1 Å². The van der Waals surface area contributed by atoms with Crippen molar-refractivity contribution in [3.63, 3.8) is 0 Å². The first-order valence-corrected chi connectivity index (χ1v) is 4.08. The molecule has 0 spiro atoms. The predicted molar refractivity (Wildman–Crippen MR) is 52.4 cm³/mol. The van der Waals surface area contributed by atoms with E-state index in [0.29, 0.717) is 22.0 Å². The SMILES string of the molecule is COc1c(Cl)ccc(C(C)=O)c1N. The van der Waals surface area contributed by atoms with Gasteiger partial charge in [0.25, 0.3) is 0 Å². The quantitative estimate of drug-likeness (QED) is 0.587. The van der Waals surface area contributed by atoms with E-state index in [2.05, 4.69) is 0 Å². The minimum Gasteiger partial charge on any atom is -0.493 e. The second-order valence-electron chi connectivity index (χ2n) is 2.60. The minimum absolute atomic E-state index is 0.104. The largest absolute Gasteiger partial charge is 0.493 e. The maximum absolute atomic E-state index is 11.1. The molecule has 0 bridgehead atoms. The average Bonchev–Trinajstić information content (AvgIpc) is 2.04. The topological polar surface area (TPSA) is 52.3 Å². The Labute approximate surface area is 81.4 Å². The van der Waals surface area contributed by atoms with Crippen LogP contribution in [-0.2, 0) is 0 Å². The zero-order valence-corrected chi connectivity index (χ0v) is 8.18. The number of anilines is 1. The normalized spacial score (nSPS) is 9.77. The van der Waals surface area contributed by atoms with Gasteiger partial charge in [0.2, 0.25) is 0 Å². The molecule has 0 saturated heterocycles. The highest BCUT2D eigenvalue weighted by Crippen LogP contribution is 2.33. The smallest absolute Gasteiger partial charge is 0.162 e. The van der Waals surface area contributed by atoms with E-state index in [1.807, 2.05) is 0 Å². The molecule has 13 heavy (non-hydrogen) atoms. The molecule has 1 rings (SSSR count). The third-order valence-electron chi connectivity index (χ3n) is 1.73. The number of nitrogen functional groups attached to an aromatic ring is 1. The fourth-order valence-electron chi connectivity index (χ4n) is 1.09. The predicted octanol–water partition coefficient (Wildman–Crippen LogP) is 2.13. The number of benzene rings is 1. The van der Waals surface area contributed by atoms with Crippen molar-refractivity contribution in [3.8, 4) is 5.75 Å². The van der Waals surface area contributed by atoms with E-state index in [4.69, 9.17) is 22.1 Å². The van der Waals surface area contributed by atoms with Crippen LogP contribution in [0.15, 0.2) is 12.1 Å². The highest BCUT2D eigenvalue weighted by molar-refractivity contribution is 6.32. The number of ether oxygens (including phenoxy) is 1. The van der Waals surface area contributed by atoms with Gasteiger partial charge in [-0.05, 0) is 19.1 Å². The molecule has 0 radical (unpaired) electrons. The first-order chi connectivity index (χ1) is 6.07. The Morgan fingerprint density at radius 3 is 2.62 bits per heavy atom. The summed E-state index contributed by atoms with van der Waals surface area (Å²) in [6.45, 7) is 1.44. The Morgan fingerprint density at radius 1 is 1.54 bits per heavy atom. The van der Waals surface area contributed by atoms with Gasteiger partial charge in [0.05, 0.1) is 17.8 Å². The van der Waals surface area contributed by atoms with Gasteiger partial charge in [-0.15, -0.1) is 0 Å². The number of hydrogen-bond donors (Lipinski definition) is 1.